The van der Waals surface area contributed by atoms with Crippen LogP contribution in [0.1, 0.15) is 31.9 Å². The zero-order chi connectivity index (χ0) is 21.6. The number of nitrogens with one attached hydrogen (secondary N) is 2. The molecule has 0 unspecified atom stereocenters. The fourth-order valence-electron chi connectivity index (χ4n) is 2.48. The third-order valence-corrected chi connectivity index (χ3v) is 4.29. The normalized spacial score (nSPS) is 11.6. The minimum absolute atomic E-state index is 0.139. The number of hydrogen-bond donors (Lipinski definition) is 2. The highest BCUT2D eigenvalue weighted by Crippen LogP contribution is 2.28. The van der Waals surface area contributed by atoms with E-state index in [0.717, 1.165) is 5.56 Å². The van der Waals surface area contributed by atoms with Gasteiger partial charge >= 0.3 is 0 Å². The lowest BCUT2D eigenvalue weighted by Gasteiger charge is -2.19. The first kappa shape index (κ1) is 22.0. The molecule has 0 heterocycles. The number of carbonyl (C=O) groups is 2. The predicted molar refractivity (Wildman–Crippen MR) is 115 cm³/mol. The molecule has 0 fully saturated rings. The highest BCUT2D eigenvalue weighted by Gasteiger charge is 2.24. The van der Waals surface area contributed by atoms with Crippen molar-refractivity contribution in [1.82, 2.24) is 5.32 Å². The van der Waals surface area contributed by atoms with E-state index in [1.54, 1.807) is 59.3 Å². The number of carbonyl (C=O) groups excluding carboxylic acids is 2. The SMILES string of the molecule is COc1ccc(/C=C(/NC(=O)C(C)(C)C)C(=O)Nc2ccccc2C)cc1OC. The first-order valence-electron chi connectivity index (χ1n) is 9.28. The molecule has 0 saturated carbocycles. The molecule has 0 aliphatic heterocycles. The topological polar surface area (TPSA) is 76.7 Å². The standard InChI is InChI=1S/C23H28N2O4/c1-15-9-7-8-10-17(15)24-21(26)18(25-22(27)23(2,3)4)13-16-11-12-19(28-5)20(14-16)29-6/h7-14H,1-6H3,(H,24,26)(H,25,27)/b18-13+. The van der Waals surface area contributed by atoms with Gasteiger partial charge in [-0.15, -0.1) is 0 Å². The number of benzene rings is 2. The Kier molecular flexibility index (Phi) is 7.04. The van der Waals surface area contributed by atoms with E-state index in [1.165, 1.54) is 0 Å². The smallest absolute Gasteiger partial charge is 0.272 e. The Morgan fingerprint density at radius 2 is 1.62 bits per heavy atom. The molecule has 0 bridgehead atoms. The van der Waals surface area contributed by atoms with Crippen LogP contribution in [0.2, 0.25) is 0 Å². The summed E-state index contributed by atoms with van der Waals surface area (Å²) >= 11 is 0. The van der Waals surface area contributed by atoms with E-state index in [-0.39, 0.29) is 11.6 Å². The molecule has 0 atom stereocenters. The molecule has 2 aromatic carbocycles. The largest absolute Gasteiger partial charge is 0.493 e. The maximum Gasteiger partial charge on any atom is 0.272 e. The van der Waals surface area contributed by atoms with Gasteiger partial charge < -0.3 is 20.1 Å². The fraction of sp³-hybridized carbons (Fsp3) is 0.304. The number of amides is 2. The van der Waals surface area contributed by atoms with Gasteiger partial charge in [0.1, 0.15) is 5.70 Å². The zero-order valence-electron chi connectivity index (χ0n) is 17.8. The summed E-state index contributed by atoms with van der Waals surface area (Å²) in [4.78, 5) is 25.5. The van der Waals surface area contributed by atoms with Crippen molar-refractivity contribution >= 4 is 23.6 Å². The number of ether oxygens (including phenoxy) is 2. The zero-order valence-corrected chi connectivity index (χ0v) is 17.8. The molecule has 2 aromatic rings. The van der Waals surface area contributed by atoms with Crippen LogP contribution in [0.3, 0.4) is 0 Å². The second-order valence-electron chi connectivity index (χ2n) is 7.65. The Hall–Kier alpha value is -3.28. The van der Waals surface area contributed by atoms with Crippen LogP contribution in [0, 0.1) is 12.3 Å². The summed E-state index contributed by atoms with van der Waals surface area (Å²) in [5.41, 5.74) is 1.78. The second-order valence-corrected chi connectivity index (χ2v) is 7.65. The van der Waals surface area contributed by atoms with E-state index >= 15 is 0 Å². The van der Waals surface area contributed by atoms with Gasteiger partial charge in [0, 0.05) is 11.1 Å². The first-order valence-corrected chi connectivity index (χ1v) is 9.28. The van der Waals surface area contributed by atoms with Crippen LogP contribution < -0.4 is 20.1 Å². The molecule has 0 spiro atoms. The Bertz CT molecular complexity index is 927. The number of methoxy groups -OCH3 is 2. The van der Waals surface area contributed by atoms with E-state index in [9.17, 15) is 9.59 Å². The van der Waals surface area contributed by atoms with Crippen LogP contribution in [-0.2, 0) is 9.59 Å². The molecule has 6 heteroatoms. The molecule has 2 N–H and O–H groups in total. The molecule has 0 aromatic heterocycles. The van der Waals surface area contributed by atoms with Gasteiger partial charge in [0.2, 0.25) is 5.91 Å². The molecule has 0 aliphatic carbocycles. The number of rotatable bonds is 6. The van der Waals surface area contributed by atoms with Crippen LogP contribution >= 0.6 is 0 Å². The van der Waals surface area contributed by atoms with Crippen molar-refractivity contribution in [3.63, 3.8) is 0 Å². The summed E-state index contributed by atoms with van der Waals surface area (Å²) in [5.74, 6) is 0.437. The summed E-state index contributed by atoms with van der Waals surface area (Å²) in [5, 5.41) is 5.61. The minimum Gasteiger partial charge on any atom is -0.493 e. The van der Waals surface area contributed by atoms with Gasteiger partial charge in [-0.2, -0.15) is 0 Å². The van der Waals surface area contributed by atoms with E-state index < -0.39 is 11.3 Å². The summed E-state index contributed by atoms with van der Waals surface area (Å²) in [6.45, 7) is 7.27. The van der Waals surface area contributed by atoms with Gasteiger partial charge in [0.15, 0.2) is 11.5 Å². The van der Waals surface area contributed by atoms with Crippen LogP contribution in [0.4, 0.5) is 5.69 Å². The number of anilines is 1. The lowest BCUT2D eigenvalue weighted by Crippen LogP contribution is -2.38. The summed E-state index contributed by atoms with van der Waals surface area (Å²) in [6.07, 6.45) is 1.61. The van der Waals surface area contributed by atoms with Crippen molar-refractivity contribution in [1.29, 1.82) is 0 Å². The Balaban J connectivity index is 2.41. The maximum atomic E-state index is 13.0. The summed E-state index contributed by atoms with van der Waals surface area (Å²) < 4.78 is 10.6. The number of aryl methyl sites for hydroxylation is 1. The van der Waals surface area contributed by atoms with Crippen molar-refractivity contribution in [2.45, 2.75) is 27.7 Å². The minimum atomic E-state index is -0.653. The summed E-state index contributed by atoms with van der Waals surface area (Å²) in [6, 6.07) is 12.7. The molecular weight excluding hydrogens is 368 g/mol. The van der Waals surface area contributed by atoms with Gasteiger partial charge in [-0.05, 0) is 42.3 Å². The fourth-order valence-corrected chi connectivity index (χ4v) is 2.48. The van der Waals surface area contributed by atoms with Gasteiger partial charge in [-0.3, -0.25) is 9.59 Å². The Morgan fingerprint density at radius 3 is 2.21 bits per heavy atom. The molecular formula is C23H28N2O4. The highest BCUT2D eigenvalue weighted by molar-refractivity contribution is 6.09. The predicted octanol–water partition coefficient (Wildman–Crippen LogP) is 4.15. The van der Waals surface area contributed by atoms with Crippen LogP contribution in [0.25, 0.3) is 6.08 Å². The monoisotopic (exact) mass is 396 g/mol. The molecule has 29 heavy (non-hydrogen) atoms. The Morgan fingerprint density at radius 1 is 0.966 bits per heavy atom. The van der Waals surface area contributed by atoms with Crippen molar-refractivity contribution < 1.29 is 19.1 Å². The molecule has 0 aliphatic rings. The third-order valence-electron chi connectivity index (χ3n) is 4.29. The molecule has 6 nitrogen and oxygen atoms in total. The number of para-hydroxylation sites is 1. The Labute approximate surface area is 171 Å². The third kappa shape index (κ3) is 5.85. The van der Waals surface area contributed by atoms with E-state index in [4.69, 9.17) is 9.47 Å². The molecule has 154 valence electrons. The van der Waals surface area contributed by atoms with Crippen molar-refractivity contribution in [2.24, 2.45) is 5.41 Å². The quantitative estimate of drug-likeness (QED) is 0.719. The average Bonchev–Trinajstić information content (AvgIpc) is 2.68. The van der Waals surface area contributed by atoms with Gasteiger partial charge in [0.25, 0.3) is 5.91 Å². The lowest BCUT2D eigenvalue weighted by molar-refractivity contribution is -0.128. The van der Waals surface area contributed by atoms with Crippen LogP contribution in [-0.4, -0.2) is 26.0 Å². The number of hydrogen-bond acceptors (Lipinski definition) is 4. The van der Waals surface area contributed by atoms with Gasteiger partial charge in [-0.25, -0.2) is 0 Å². The van der Waals surface area contributed by atoms with E-state index in [1.807, 2.05) is 31.2 Å². The first-order chi connectivity index (χ1) is 13.7. The highest BCUT2D eigenvalue weighted by atomic mass is 16.5. The molecule has 2 rings (SSSR count). The van der Waals surface area contributed by atoms with Crippen LogP contribution in [0.15, 0.2) is 48.2 Å². The van der Waals surface area contributed by atoms with E-state index in [0.29, 0.717) is 22.7 Å². The molecule has 0 saturated heterocycles. The van der Waals surface area contributed by atoms with E-state index in [2.05, 4.69) is 10.6 Å². The second kappa shape index (κ2) is 9.28. The molecule has 2 amide bonds. The van der Waals surface area contributed by atoms with Gasteiger partial charge in [-0.1, -0.05) is 45.0 Å². The lowest BCUT2D eigenvalue weighted by atomic mass is 9.95. The van der Waals surface area contributed by atoms with Gasteiger partial charge in [0.05, 0.1) is 14.2 Å². The van der Waals surface area contributed by atoms with Crippen molar-refractivity contribution in [3.05, 3.63) is 59.3 Å². The average molecular weight is 396 g/mol. The van der Waals surface area contributed by atoms with Crippen LogP contribution in [0.5, 0.6) is 11.5 Å². The summed E-state index contributed by atoms with van der Waals surface area (Å²) in [7, 11) is 3.09. The maximum absolute atomic E-state index is 13.0. The molecule has 0 radical (unpaired) electrons. The van der Waals surface area contributed by atoms with Crippen molar-refractivity contribution in [2.75, 3.05) is 19.5 Å². The van der Waals surface area contributed by atoms with Crippen molar-refractivity contribution in [3.8, 4) is 11.5 Å².